The first-order valence-electron chi connectivity index (χ1n) is 13.9. The summed E-state index contributed by atoms with van der Waals surface area (Å²) in [6, 6.07) is 21.7. The van der Waals surface area contributed by atoms with Gasteiger partial charge in [0.2, 0.25) is 0 Å². The minimum atomic E-state index is -0.368. The third kappa shape index (κ3) is 10.2. The Morgan fingerprint density at radius 3 is 1.73 bits per heavy atom. The molecule has 0 unspecified atom stereocenters. The molecular weight excluding hydrogens is 504 g/mol. The second-order valence-electron chi connectivity index (χ2n) is 9.61. The van der Waals surface area contributed by atoms with Gasteiger partial charge in [-0.2, -0.15) is 0 Å². The first kappa shape index (κ1) is 30.4. The van der Waals surface area contributed by atoms with Crippen molar-refractivity contribution in [3.05, 3.63) is 96.1 Å². The van der Waals surface area contributed by atoms with E-state index in [0.717, 1.165) is 68.1 Å². The van der Waals surface area contributed by atoms with Gasteiger partial charge in [-0.05, 0) is 65.9 Å². The fourth-order valence-corrected chi connectivity index (χ4v) is 4.25. The van der Waals surface area contributed by atoms with Crippen LogP contribution in [0.5, 0.6) is 5.75 Å². The molecule has 0 aromatic heterocycles. The van der Waals surface area contributed by atoms with Crippen molar-refractivity contribution in [2.45, 2.75) is 57.8 Å². The van der Waals surface area contributed by atoms with Crippen LogP contribution in [-0.2, 0) is 14.3 Å². The Kier molecular flexibility index (Phi) is 12.7. The zero-order valence-electron chi connectivity index (χ0n) is 23.2. The SMILES string of the molecule is C=Cc1ccc(C(=O)OCCCCCCCCCCC(=O)Oc2ccc(-c3ccc(C(=O)OC)cc3)cc2)cc1. The smallest absolute Gasteiger partial charge is 0.338 e. The number of esters is 3. The summed E-state index contributed by atoms with van der Waals surface area (Å²) < 4.78 is 15.5. The lowest BCUT2D eigenvalue weighted by Crippen LogP contribution is -2.07. The molecule has 3 aromatic carbocycles. The van der Waals surface area contributed by atoms with Crippen molar-refractivity contribution in [2.24, 2.45) is 0 Å². The van der Waals surface area contributed by atoms with E-state index in [1.54, 1.807) is 42.5 Å². The van der Waals surface area contributed by atoms with E-state index in [2.05, 4.69) is 6.58 Å². The van der Waals surface area contributed by atoms with Gasteiger partial charge in [0.05, 0.1) is 24.8 Å². The van der Waals surface area contributed by atoms with Crippen molar-refractivity contribution in [3.8, 4) is 16.9 Å². The molecule has 40 heavy (non-hydrogen) atoms. The predicted molar refractivity (Wildman–Crippen MR) is 157 cm³/mol. The van der Waals surface area contributed by atoms with Crippen molar-refractivity contribution in [3.63, 3.8) is 0 Å². The normalized spacial score (nSPS) is 10.5. The zero-order valence-corrected chi connectivity index (χ0v) is 23.2. The number of methoxy groups -OCH3 is 1. The maximum atomic E-state index is 12.2. The molecule has 0 aliphatic rings. The number of benzene rings is 3. The van der Waals surface area contributed by atoms with Gasteiger partial charge in [0.15, 0.2) is 0 Å². The van der Waals surface area contributed by atoms with E-state index in [0.29, 0.717) is 29.9 Å². The molecule has 3 aromatic rings. The molecule has 0 N–H and O–H groups in total. The van der Waals surface area contributed by atoms with Crippen LogP contribution in [0.2, 0.25) is 0 Å². The molecule has 0 bridgehead atoms. The number of hydrogen-bond acceptors (Lipinski definition) is 6. The molecule has 6 heteroatoms. The molecular formula is C34H38O6. The summed E-state index contributed by atoms with van der Waals surface area (Å²) in [6.45, 7) is 4.15. The standard InChI is InChI=1S/C34H38O6/c1-3-26-13-15-30(16-14-26)34(37)39-25-11-9-7-5-4-6-8-10-12-32(35)40-31-23-21-28(22-24-31)27-17-19-29(20-18-27)33(36)38-2/h3,13-24H,1,4-12,25H2,2H3. The quantitative estimate of drug-likeness (QED) is 0.103. The summed E-state index contributed by atoms with van der Waals surface area (Å²) in [5, 5.41) is 0. The van der Waals surface area contributed by atoms with E-state index in [1.807, 2.05) is 36.4 Å². The number of carbonyl (C=O) groups excluding carboxylic acids is 3. The van der Waals surface area contributed by atoms with Crippen molar-refractivity contribution >= 4 is 24.0 Å². The Hall–Kier alpha value is -4.19. The fourth-order valence-electron chi connectivity index (χ4n) is 4.25. The number of unbranched alkanes of at least 4 members (excludes halogenated alkanes) is 7. The van der Waals surface area contributed by atoms with Crippen LogP contribution in [-0.4, -0.2) is 31.6 Å². The van der Waals surface area contributed by atoms with Gasteiger partial charge < -0.3 is 14.2 Å². The lowest BCUT2D eigenvalue weighted by atomic mass is 10.0. The lowest BCUT2D eigenvalue weighted by Gasteiger charge is -2.07. The Morgan fingerprint density at radius 1 is 0.650 bits per heavy atom. The van der Waals surface area contributed by atoms with E-state index in [-0.39, 0.29) is 17.9 Å². The van der Waals surface area contributed by atoms with Crippen molar-refractivity contribution in [1.82, 2.24) is 0 Å². The molecule has 0 saturated carbocycles. The minimum absolute atomic E-state index is 0.221. The molecule has 0 fully saturated rings. The highest BCUT2D eigenvalue weighted by atomic mass is 16.5. The zero-order chi connectivity index (χ0) is 28.6. The van der Waals surface area contributed by atoms with Crippen LogP contribution in [0.4, 0.5) is 0 Å². The summed E-state index contributed by atoms with van der Waals surface area (Å²) >= 11 is 0. The van der Waals surface area contributed by atoms with Crippen LogP contribution < -0.4 is 4.74 Å². The van der Waals surface area contributed by atoms with Crippen molar-refractivity contribution in [2.75, 3.05) is 13.7 Å². The van der Waals surface area contributed by atoms with Crippen LogP contribution in [0.15, 0.2) is 79.4 Å². The van der Waals surface area contributed by atoms with Gasteiger partial charge >= 0.3 is 17.9 Å². The molecule has 0 spiro atoms. The summed E-state index contributed by atoms with van der Waals surface area (Å²) in [5.41, 5.74) is 3.96. The van der Waals surface area contributed by atoms with Gasteiger partial charge in [-0.15, -0.1) is 0 Å². The first-order chi connectivity index (χ1) is 19.5. The van der Waals surface area contributed by atoms with Gasteiger partial charge in [0.1, 0.15) is 5.75 Å². The maximum Gasteiger partial charge on any atom is 0.338 e. The first-order valence-corrected chi connectivity index (χ1v) is 13.9. The Labute approximate surface area is 237 Å². The van der Waals surface area contributed by atoms with Gasteiger partial charge in [0, 0.05) is 6.42 Å². The lowest BCUT2D eigenvalue weighted by molar-refractivity contribution is -0.134. The fraction of sp³-hybridized carbons (Fsp3) is 0.324. The van der Waals surface area contributed by atoms with Gasteiger partial charge in [-0.3, -0.25) is 4.79 Å². The highest BCUT2D eigenvalue weighted by molar-refractivity contribution is 5.90. The molecule has 0 aliphatic carbocycles. The average molecular weight is 543 g/mol. The maximum absolute atomic E-state index is 12.2. The van der Waals surface area contributed by atoms with Crippen LogP contribution in [0.25, 0.3) is 17.2 Å². The molecule has 210 valence electrons. The third-order valence-electron chi connectivity index (χ3n) is 6.62. The summed E-state index contributed by atoms with van der Waals surface area (Å²) in [7, 11) is 1.36. The average Bonchev–Trinajstić information content (AvgIpc) is 2.99. The second-order valence-corrected chi connectivity index (χ2v) is 9.61. The van der Waals surface area contributed by atoms with Crippen LogP contribution >= 0.6 is 0 Å². The topological polar surface area (TPSA) is 78.9 Å². The highest BCUT2D eigenvalue weighted by Crippen LogP contribution is 2.23. The summed E-state index contributed by atoms with van der Waals surface area (Å²) in [4.78, 5) is 35.8. The predicted octanol–water partition coefficient (Wildman–Crippen LogP) is 8.06. The molecule has 0 atom stereocenters. The minimum Gasteiger partial charge on any atom is -0.465 e. The number of hydrogen-bond donors (Lipinski definition) is 0. The van der Waals surface area contributed by atoms with Crippen molar-refractivity contribution < 1.29 is 28.6 Å². The van der Waals surface area contributed by atoms with Crippen LogP contribution in [0, 0.1) is 0 Å². The number of ether oxygens (including phenoxy) is 3. The molecule has 0 radical (unpaired) electrons. The van der Waals surface area contributed by atoms with Gasteiger partial charge in [0.25, 0.3) is 0 Å². The summed E-state index contributed by atoms with van der Waals surface area (Å²) in [6.07, 6.45) is 10.3. The highest BCUT2D eigenvalue weighted by Gasteiger charge is 2.08. The van der Waals surface area contributed by atoms with E-state index in [9.17, 15) is 14.4 Å². The van der Waals surface area contributed by atoms with Gasteiger partial charge in [-0.25, -0.2) is 9.59 Å². The van der Waals surface area contributed by atoms with E-state index < -0.39 is 0 Å². The molecule has 0 saturated heterocycles. The monoisotopic (exact) mass is 542 g/mol. The molecule has 3 rings (SSSR count). The number of rotatable bonds is 16. The molecule has 6 nitrogen and oxygen atoms in total. The Morgan fingerprint density at radius 2 is 1.15 bits per heavy atom. The largest absolute Gasteiger partial charge is 0.465 e. The molecule has 0 heterocycles. The van der Waals surface area contributed by atoms with E-state index in [4.69, 9.17) is 14.2 Å². The third-order valence-corrected chi connectivity index (χ3v) is 6.62. The Bertz CT molecular complexity index is 1230. The second kappa shape index (κ2) is 16.7. The van der Waals surface area contributed by atoms with Crippen LogP contribution in [0.1, 0.15) is 84.1 Å². The van der Waals surface area contributed by atoms with E-state index >= 15 is 0 Å². The molecule has 0 aliphatic heterocycles. The number of carbonyl (C=O) groups is 3. The van der Waals surface area contributed by atoms with Crippen molar-refractivity contribution in [1.29, 1.82) is 0 Å². The summed E-state index contributed by atoms with van der Waals surface area (Å²) in [5.74, 6) is -0.347. The van der Waals surface area contributed by atoms with Gasteiger partial charge in [-0.1, -0.05) is 87.6 Å². The van der Waals surface area contributed by atoms with E-state index in [1.165, 1.54) is 7.11 Å². The Balaban J connectivity index is 1.20. The molecule has 0 amide bonds. The van der Waals surface area contributed by atoms with Crippen LogP contribution in [0.3, 0.4) is 0 Å².